The number of hydrogen-bond acceptors (Lipinski definition) is 4. The first-order valence-corrected chi connectivity index (χ1v) is 6.11. The Labute approximate surface area is 109 Å². The first kappa shape index (κ1) is 14.2. The molecule has 0 amide bonds. The summed E-state index contributed by atoms with van der Waals surface area (Å²) in [5.41, 5.74) is 7.50. The predicted octanol–water partition coefficient (Wildman–Crippen LogP) is 2.65. The zero-order valence-corrected chi connectivity index (χ0v) is 11.5. The summed E-state index contributed by atoms with van der Waals surface area (Å²) in [6, 6.07) is 7.91. The minimum Gasteiger partial charge on any atom is -0.489 e. The largest absolute Gasteiger partial charge is 0.489 e. The molecule has 0 saturated heterocycles. The maximum absolute atomic E-state index is 8.83. The van der Waals surface area contributed by atoms with E-state index in [-0.39, 0.29) is 12.0 Å². The fourth-order valence-electron chi connectivity index (χ4n) is 1.67. The Balaban J connectivity index is 2.87. The van der Waals surface area contributed by atoms with Crippen LogP contribution in [-0.2, 0) is 0 Å². The molecule has 1 rings (SSSR count). The van der Waals surface area contributed by atoms with Gasteiger partial charge in [0.1, 0.15) is 5.75 Å². The number of ether oxygens (including phenoxy) is 1. The molecule has 98 valence electrons. The minimum atomic E-state index is -0.0120. The van der Waals surface area contributed by atoms with Crippen LogP contribution in [0.15, 0.2) is 18.2 Å². The Morgan fingerprint density at radius 1 is 1.39 bits per heavy atom. The highest BCUT2D eigenvalue weighted by atomic mass is 16.5. The summed E-state index contributed by atoms with van der Waals surface area (Å²) in [4.78, 5) is 2.03. The van der Waals surface area contributed by atoms with Crippen LogP contribution in [0.4, 0.5) is 11.4 Å². The summed E-state index contributed by atoms with van der Waals surface area (Å²) in [6.45, 7) is 6.52. The predicted molar refractivity (Wildman–Crippen MR) is 74.7 cm³/mol. The molecule has 2 N–H and O–H groups in total. The van der Waals surface area contributed by atoms with Crippen LogP contribution in [0, 0.1) is 17.2 Å². The lowest BCUT2D eigenvalue weighted by Gasteiger charge is -2.22. The number of nitrogens with zero attached hydrogens (tertiary/aromatic N) is 2. The van der Waals surface area contributed by atoms with Gasteiger partial charge in [-0.05, 0) is 32.9 Å². The number of nitrogens with two attached hydrogens (primary N) is 1. The van der Waals surface area contributed by atoms with E-state index in [1.165, 1.54) is 0 Å². The average molecular weight is 247 g/mol. The Kier molecular flexibility index (Phi) is 4.85. The number of nitrogen functional groups attached to an aromatic ring is 1. The van der Waals surface area contributed by atoms with Gasteiger partial charge in [-0.1, -0.05) is 0 Å². The molecule has 0 aliphatic rings. The van der Waals surface area contributed by atoms with E-state index in [9.17, 15) is 0 Å². The molecule has 0 bridgehead atoms. The molecule has 0 fully saturated rings. The van der Waals surface area contributed by atoms with E-state index in [1.807, 2.05) is 50.9 Å². The lowest BCUT2D eigenvalue weighted by Crippen LogP contribution is -2.23. The fraction of sp³-hybridized carbons (Fsp3) is 0.500. The number of hydrogen-bond donors (Lipinski definition) is 1. The fourth-order valence-corrected chi connectivity index (χ4v) is 1.67. The van der Waals surface area contributed by atoms with Gasteiger partial charge in [-0.3, -0.25) is 0 Å². The highest BCUT2D eigenvalue weighted by molar-refractivity contribution is 5.62. The number of benzene rings is 1. The Morgan fingerprint density at radius 3 is 2.61 bits per heavy atom. The summed E-state index contributed by atoms with van der Waals surface area (Å²) in [6.07, 6.45) is 0.0888. The van der Waals surface area contributed by atoms with Crippen molar-refractivity contribution in [1.82, 2.24) is 0 Å². The summed E-state index contributed by atoms with van der Waals surface area (Å²) >= 11 is 0. The monoisotopic (exact) mass is 247 g/mol. The highest BCUT2D eigenvalue weighted by Crippen LogP contribution is 2.28. The van der Waals surface area contributed by atoms with Gasteiger partial charge in [0.2, 0.25) is 0 Å². The summed E-state index contributed by atoms with van der Waals surface area (Å²) in [5, 5.41) is 8.83. The lowest BCUT2D eigenvalue weighted by molar-refractivity contribution is 0.244. The first-order valence-electron chi connectivity index (χ1n) is 6.11. The van der Waals surface area contributed by atoms with E-state index in [0.29, 0.717) is 18.0 Å². The van der Waals surface area contributed by atoms with Crippen molar-refractivity contribution < 1.29 is 4.74 Å². The van der Waals surface area contributed by atoms with Gasteiger partial charge in [-0.25, -0.2) is 0 Å². The van der Waals surface area contributed by atoms with Crippen molar-refractivity contribution in [2.24, 2.45) is 5.92 Å². The number of anilines is 2. The van der Waals surface area contributed by atoms with Crippen LogP contribution >= 0.6 is 0 Å². The second-order valence-corrected chi connectivity index (χ2v) is 4.80. The van der Waals surface area contributed by atoms with E-state index >= 15 is 0 Å². The molecule has 1 aromatic carbocycles. The summed E-state index contributed by atoms with van der Waals surface area (Å²) in [7, 11) is 1.96. The maximum Gasteiger partial charge on any atom is 0.144 e. The van der Waals surface area contributed by atoms with Crippen LogP contribution in [0.25, 0.3) is 0 Å². The van der Waals surface area contributed by atoms with Gasteiger partial charge in [-0.15, -0.1) is 0 Å². The Hall–Kier alpha value is -1.89. The maximum atomic E-state index is 8.83. The van der Waals surface area contributed by atoms with Gasteiger partial charge in [0.05, 0.1) is 23.8 Å². The Morgan fingerprint density at radius 2 is 2.06 bits per heavy atom. The van der Waals surface area contributed by atoms with Crippen molar-refractivity contribution in [1.29, 1.82) is 5.26 Å². The average Bonchev–Trinajstić information content (AvgIpc) is 2.31. The van der Waals surface area contributed by atoms with E-state index in [4.69, 9.17) is 15.7 Å². The lowest BCUT2D eigenvalue weighted by atomic mass is 10.2. The molecular weight excluding hydrogens is 226 g/mol. The van der Waals surface area contributed by atoms with Gasteiger partial charge >= 0.3 is 0 Å². The van der Waals surface area contributed by atoms with Crippen LogP contribution in [0.3, 0.4) is 0 Å². The zero-order chi connectivity index (χ0) is 13.7. The molecular formula is C14H21N3O. The molecule has 0 spiro atoms. The van der Waals surface area contributed by atoms with Crippen molar-refractivity contribution in [2.45, 2.75) is 26.9 Å². The second-order valence-electron chi connectivity index (χ2n) is 4.80. The first-order chi connectivity index (χ1) is 8.43. The van der Waals surface area contributed by atoms with Crippen LogP contribution in [-0.4, -0.2) is 19.7 Å². The summed E-state index contributed by atoms with van der Waals surface area (Å²) < 4.78 is 5.65. The van der Waals surface area contributed by atoms with Gasteiger partial charge in [0, 0.05) is 25.3 Å². The molecule has 4 heteroatoms. The van der Waals surface area contributed by atoms with Crippen molar-refractivity contribution in [2.75, 3.05) is 24.2 Å². The number of rotatable bonds is 5. The van der Waals surface area contributed by atoms with Crippen LogP contribution in [0.2, 0.25) is 0 Å². The standard InChI is InChI=1S/C14H21N3O/c1-10(2)18-14-7-12(5-6-13(14)16)17(4)9-11(3)8-15/h5-7,10-11H,9,16H2,1-4H3. The molecule has 4 nitrogen and oxygen atoms in total. The molecule has 0 aliphatic carbocycles. The van der Waals surface area contributed by atoms with Crippen LogP contribution < -0.4 is 15.4 Å². The molecule has 1 unspecified atom stereocenters. The highest BCUT2D eigenvalue weighted by Gasteiger charge is 2.10. The minimum absolute atomic E-state index is 0.0120. The van der Waals surface area contributed by atoms with Crippen molar-refractivity contribution in [3.8, 4) is 11.8 Å². The molecule has 0 aliphatic heterocycles. The van der Waals surface area contributed by atoms with Gasteiger partial charge in [0.25, 0.3) is 0 Å². The van der Waals surface area contributed by atoms with E-state index in [1.54, 1.807) is 0 Å². The van der Waals surface area contributed by atoms with Crippen molar-refractivity contribution >= 4 is 11.4 Å². The van der Waals surface area contributed by atoms with E-state index in [2.05, 4.69) is 6.07 Å². The van der Waals surface area contributed by atoms with Gasteiger partial charge in [0.15, 0.2) is 0 Å². The quantitative estimate of drug-likeness (QED) is 0.812. The van der Waals surface area contributed by atoms with E-state index < -0.39 is 0 Å². The third-order valence-corrected chi connectivity index (χ3v) is 2.57. The third-order valence-electron chi connectivity index (χ3n) is 2.57. The molecule has 0 heterocycles. The normalized spacial score (nSPS) is 12.0. The second kappa shape index (κ2) is 6.15. The zero-order valence-electron chi connectivity index (χ0n) is 11.5. The van der Waals surface area contributed by atoms with Crippen LogP contribution in [0.1, 0.15) is 20.8 Å². The SMILES string of the molecule is CC(C#N)CN(C)c1ccc(N)c(OC(C)C)c1. The molecule has 1 aromatic rings. The van der Waals surface area contributed by atoms with Gasteiger partial charge < -0.3 is 15.4 Å². The number of nitriles is 1. The van der Waals surface area contributed by atoms with Crippen LogP contribution in [0.5, 0.6) is 5.75 Å². The van der Waals surface area contributed by atoms with Gasteiger partial charge in [-0.2, -0.15) is 5.26 Å². The molecule has 1 atom stereocenters. The Bertz CT molecular complexity index is 437. The molecule has 0 saturated carbocycles. The van der Waals surface area contributed by atoms with Crippen molar-refractivity contribution in [3.05, 3.63) is 18.2 Å². The summed E-state index contributed by atoms with van der Waals surface area (Å²) in [5.74, 6) is 0.681. The van der Waals surface area contributed by atoms with E-state index in [0.717, 1.165) is 5.69 Å². The molecule has 18 heavy (non-hydrogen) atoms. The third kappa shape index (κ3) is 3.85. The van der Waals surface area contributed by atoms with Crippen molar-refractivity contribution in [3.63, 3.8) is 0 Å². The smallest absolute Gasteiger partial charge is 0.144 e. The topological polar surface area (TPSA) is 62.3 Å². The molecule has 0 radical (unpaired) electrons. The molecule has 0 aromatic heterocycles.